The van der Waals surface area contributed by atoms with Crippen molar-refractivity contribution in [3.63, 3.8) is 0 Å². The van der Waals surface area contributed by atoms with Gasteiger partial charge in [0.05, 0.1) is 13.2 Å². The number of fused-ring (bicyclic) bond motifs is 1. The third-order valence-corrected chi connectivity index (χ3v) is 4.28. The van der Waals surface area contributed by atoms with Crippen LogP contribution in [0.1, 0.15) is 36.9 Å². The van der Waals surface area contributed by atoms with Gasteiger partial charge in [-0.05, 0) is 23.6 Å². The molecule has 1 aromatic carbocycles. The van der Waals surface area contributed by atoms with Gasteiger partial charge in [0.25, 0.3) is 0 Å². The Morgan fingerprint density at radius 1 is 1.40 bits per heavy atom. The molecule has 0 radical (unpaired) electrons. The van der Waals surface area contributed by atoms with Crippen LogP contribution in [0.15, 0.2) is 18.2 Å². The molecule has 3 rings (SSSR count). The van der Waals surface area contributed by atoms with Crippen molar-refractivity contribution in [1.29, 1.82) is 0 Å². The van der Waals surface area contributed by atoms with Gasteiger partial charge in [-0.1, -0.05) is 19.1 Å². The van der Waals surface area contributed by atoms with Crippen molar-refractivity contribution in [2.75, 3.05) is 26.4 Å². The highest BCUT2D eigenvalue weighted by Gasteiger charge is 2.32. The molecule has 0 aliphatic carbocycles. The summed E-state index contributed by atoms with van der Waals surface area (Å²) < 4.78 is 10.8. The van der Waals surface area contributed by atoms with Gasteiger partial charge >= 0.3 is 0 Å². The van der Waals surface area contributed by atoms with Gasteiger partial charge in [-0.3, -0.25) is 0 Å². The average Bonchev–Trinajstić information content (AvgIpc) is 3.08. The molecule has 0 saturated carbocycles. The zero-order valence-corrected chi connectivity index (χ0v) is 12.0. The molecule has 0 spiro atoms. The first kappa shape index (κ1) is 13.9. The smallest absolute Gasteiger partial charge is 0.122 e. The predicted molar refractivity (Wildman–Crippen MR) is 77.1 cm³/mol. The normalized spacial score (nSPS) is 26.3. The molecule has 0 aromatic heterocycles. The molecule has 4 heteroatoms. The highest BCUT2D eigenvalue weighted by Crippen LogP contribution is 2.29. The summed E-state index contributed by atoms with van der Waals surface area (Å²) in [4.78, 5) is 0. The van der Waals surface area contributed by atoms with Crippen molar-refractivity contribution in [2.24, 2.45) is 0 Å². The van der Waals surface area contributed by atoms with Gasteiger partial charge in [-0.15, -0.1) is 0 Å². The molecular weight excluding hydrogens is 254 g/mol. The minimum absolute atomic E-state index is 0.269. The van der Waals surface area contributed by atoms with Crippen LogP contribution in [0.2, 0.25) is 0 Å². The molecule has 1 saturated heterocycles. The number of nitrogens with one attached hydrogen (secondary N) is 1. The van der Waals surface area contributed by atoms with Crippen LogP contribution in [-0.4, -0.2) is 37.1 Å². The number of aliphatic hydroxyl groups is 1. The van der Waals surface area contributed by atoms with E-state index in [1.807, 2.05) is 0 Å². The zero-order valence-electron chi connectivity index (χ0n) is 12.0. The van der Waals surface area contributed by atoms with Crippen molar-refractivity contribution < 1.29 is 14.6 Å². The highest BCUT2D eigenvalue weighted by atomic mass is 16.5. The fourth-order valence-corrected chi connectivity index (χ4v) is 2.97. The third-order valence-electron chi connectivity index (χ3n) is 4.28. The molecule has 0 amide bonds. The monoisotopic (exact) mass is 277 g/mol. The summed E-state index contributed by atoms with van der Waals surface area (Å²) in [6, 6.07) is 6.69. The van der Waals surface area contributed by atoms with Gasteiger partial charge < -0.3 is 19.9 Å². The van der Waals surface area contributed by atoms with Gasteiger partial charge in [-0.25, -0.2) is 0 Å². The Hall–Kier alpha value is -1.10. The standard InChI is InChI=1S/C16H23NO3/c1-2-14(17-10-16(18)6-8-19-11-16)12-3-4-15-13(9-12)5-7-20-15/h3-4,9,14,17-18H,2,5-8,10-11H2,1H3. The fraction of sp³-hybridized carbons (Fsp3) is 0.625. The third kappa shape index (κ3) is 2.82. The Labute approximate surface area is 120 Å². The van der Waals surface area contributed by atoms with Crippen molar-refractivity contribution in [3.05, 3.63) is 29.3 Å². The first-order valence-electron chi connectivity index (χ1n) is 7.49. The van der Waals surface area contributed by atoms with E-state index in [9.17, 15) is 5.11 Å². The second-order valence-corrected chi connectivity index (χ2v) is 5.83. The molecule has 1 fully saturated rings. The van der Waals surface area contributed by atoms with Crippen LogP contribution in [0, 0.1) is 0 Å². The lowest BCUT2D eigenvalue weighted by Crippen LogP contribution is -2.42. The van der Waals surface area contributed by atoms with Gasteiger partial charge in [0.15, 0.2) is 0 Å². The van der Waals surface area contributed by atoms with Crippen LogP contribution >= 0.6 is 0 Å². The molecule has 1 aromatic rings. The molecule has 110 valence electrons. The maximum absolute atomic E-state index is 10.3. The largest absolute Gasteiger partial charge is 0.493 e. The number of hydrogen-bond donors (Lipinski definition) is 2. The Bertz CT molecular complexity index is 469. The van der Waals surface area contributed by atoms with Gasteiger partial charge in [0.2, 0.25) is 0 Å². The van der Waals surface area contributed by atoms with E-state index in [-0.39, 0.29) is 6.04 Å². The van der Waals surface area contributed by atoms with E-state index < -0.39 is 5.60 Å². The highest BCUT2D eigenvalue weighted by molar-refractivity contribution is 5.40. The topological polar surface area (TPSA) is 50.7 Å². The SMILES string of the molecule is CCC(NCC1(O)CCOC1)c1ccc2c(c1)CCO2. The molecule has 2 aliphatic heterocycles. The Kier molecular flexibility index (Phi) is 3.96. The van der Waals surface area contributed by atoms with E-state index in [0.717, 1.165) is 25.2 Å². The summed E-state index contributed by atoms with van der Waals surface area (Å²) in [6.45, 7) is 4.63. The van der Waals surface area contributed by atoms with Crippen molar-refractivity contribution in [2.45, 2.75) is 37.8 Å². The molecule has 2 N–H and O–H groups in total. The number of ether oxygens (including phenoxy) is 2. The summed E-state index contributed by atoms with van der Waals surface area (Å²) in [6.07, 6.45) is 2.71. The molecular formula is C16H23NO3. The second-order valence-electron chi connectivity index (χ2n) is 5.83. The van der Waals surface area contributed by atoms with Crippen LogP contribution in [0.3, 0.4) is 0 Å². The van der Waals surface area contributed by atoms with Crippen LogP contribution in [-0.2, 0) is 11.2 Å². The average molecular weight is 277 g/mol. The molecule has 2 atom stereocenters. The van der Waals surface area contributed by atoms with Crippen LogP contribution in [0.4, 0.5) is 0 Å². The summed E-state index contributed by atoms with van der Waals surface area (Å²) in [5, 5.41) is 13.8. The lowest BCUT2D eigenvalue weighted by molar-refractivity contribution is 0.0246. The molecule has 2 aliphatic rings. The first-order valence-corrected chi connectivity index (χ1v) is 7.49. The van der Waals surface area contributed by atoms with Crippen LogP contribution in [0.5, 0.6) is 5.75 Å². The Morgan fingerprint density at radius 2 is 2.30 bits per heavy atom. The van der Waals surface area contributed by atoms with Crippen molar-refractivity contribution in [3.8, 4) is 5.75 Å². The number of benzene rings is 1. The molecule has 4 nitrogen and oxygen atoms in total. The fourth-order valence-electron chi connectivity index (χ4n) is 2.97. The Balaban J connectivity index is 1.67. The van der Waals surface area contributed by atoms with Gasteiger partial charge in [0.1, 0.15) is 11.4 Å². The van der Waals surface area contributed by atoms with E-state index in [1.165, 1.54) is 11.1 Å². The van der Waals surface area contributed by atoms with E-state index in [4.69, 9.17) is 9.47 Å². The quantitative estimate of drug-likeness (QED) is 0.862. The van der Waals surface area contributed by atoms with E-state index >= 15 is 0 Å². The van der Waals surface area contributed by atoms with E-state index in [2.05, 4.69) is 30.4 Å². The summed E-state index contributed by atoms with van der Waals surface area (Å²) in [5.74, 6) is 1.02. The van der Waals surface area contributed by atoms with E-state index in [1.54, 1.807) is 0 Å². The summed E-state index contributed by atoms with van der Waals surface area (Å²) in [5.41, 5.74) is 1.87. The summed E-state index contributed by atoms with van der Waals surface area (Å²) in [7, 11) is 0. The van der Waals surface area contributed by atoms with Crippen molar-refractivity contribution in [1.82, 2.24) is 5.32 Å². The number of hydrogen-bond acceptors (Lipinski definition) is 4. The van der Waals surface area contributed by atoms with Crippen LogP contribution < -0.4 is 10.1 Å². The first-order chi connectivity index (χ1) is 9.70. The molecule has 20 heavy (non-hydrogen) atoms. The molecule has 2 unspecified atom stereocenters. The summed E-state index contributed by atoms with van der Waals surface area (Å²) >= 11 is 0. The number of rotatable bonds is 5. The maximum atomic E-state index is 10.3. The zero-order chi connectivity index (χ0) is 14.0. The molecule has 0 bridgehead atoms. The maximum Gasteiger partial charge on any atom is 0.122 e. The van der Waals surface area contributed by atoms with Crippen molar-refractivity contribution >= 4 is 0 Å². The predicted octanol–water partition coefficient (Wildman–Crippen LogP) is 1.81. The lowest BCUT2D eigenvalue weighted by Gasteiger charge is -2.25. The lowest BCUT2D eigenvalue weighted by atomic mass is 9.98. The second kappa shape index (κ2) is 5.72. The van der Waals surface area contributed by atoms with Crippen LogP contribution in [0.25, 0.3) is 0 Å². The Morgan fingerprint density at radius 3 is 3.05 bits per heavy atom. The van der Waals surface area contributed by atoms with Gasteiger partial charge in [0, 0.05) is 32.0 Å². The minimum atomic E-state index is -0.701. The van der Waals surface area contributed by atoms with Gasteiger partial charge in [-0.2, -0.15) is 0 Å². The minimum Gasteiger partial charge on any atom is -0.493 e. The van der Waals surface area contributed by atoms with E-state index in [0.29, 0.717) is 26.2 Å². The molecule has 2 heterocycles.